The summed E-state index contributed by atoms with van der Waals surface area (Å²) in [6.45, 7) is 0. The van der Waals surface area contributed by atoms with E-state index in [-0.39, 0.29) is 0 Å². The molecule has 0 atom stereocenters. The lowest BCUT2D eigenvalue weighted by Crippen LogP contribution is -2.39. The molecular weight excluding hydrogens is 257 g/mol. The third-order valence-electron chi connectivity index (χ3n) is 2.48. The highest BCUT2D eigenvalue weighted by Gasteiger charge is 2.21. The Morgan fingerprint density at radius 2 is 1.45 bits per heavy atom. The summed E-state index contributed by atoms with van der Waals surface area (Å²) < 4.78 is 15.3. The van der Waals surface area contributed by atoms with Crippen molar-refractivity contribution in [2.75, 3.05) is 0 Å². The van der Waals surface area contributed by atoms with Crippen LogP contribution in [-0.4, -0.2) is 32.5 Å². The van der Waals surface area contributed by atoms with Gasteiger partial charge in [-0.3, -0.25) is 0 Å². The Morgan fingerprint density at radius 3 is 2.10 bits per heavy atom. The molecule has 2 N–H and O–H groups in total. The highest BCUT2D eigenvalue weighted by molar-refractivity contribution is 6.68. The van der Waals surface area contributed by atoms with Gasteiger partial charge >= 0.3 is 22.5 Å². The van der Waals surface area contributed by atoms with Crippen molar-refractivity contribution in [2.45, 2.75) is 0 Å². The van der Waals surface area contributed by atoms with Crippen LogP contribution in [0.2, 0.25) is 0 Å². The van der Waals surface area contributed by atoms with E-state index in [2.05, 4.69) is 0 Å². The predicted octanol–water partition coefficient (Wildman–Crippen LogP) is 0.260. The zero-order valence-electron chi connectivity index (χ0n) is 10.5. The molecule has 98 valence electrons. The molecule has 0 fully saturated rings. The maximum absolute atomic E-state index is 8.68. The third kappa shape index (κ3) is 4.14. The molecule has 0 aliphatic heterocycles. The summed E-state index contributed by atoms with van der Waals surface area (Å²) >= 11 is 0. The van der Waals surface area contributed by atoms with Gasteiger partial charge in [0.25, 0.3) is 0 Å². The molecule has 2 radical (unpaired) electrons. The van der Waals surface area contributed by atoms with Crippen LogP contribution in [0.5, 0.6) is 11.5 Å². The molecule has 0 spiro atoms. The molecule has 2 aromatic carbocycles. The van der Waals surface area contributed by atoms with Crippen LogP contribution in [0.1, 0.15) is 0 Å². The SMILES string of the molecule is O[B]OB(O[B]O)c1cccc(Oc2ccccc2)c1. The first-order valence-corrected chi connectivity index (χ1v) is 5.89. The summed E-state index contributed by atoms with van der Waals surface area (Å²) in [6.07, 6.45) is 0. The second kappa shape index (κ2) is 7.76. The highest BCUT2D eigenvalue weighted by atomic mass is 16.6. The summed E-state index contributed by atoms with van der Waals surface area (Å²) in [7, 11) is 0.0435. The quantitative estimate of drug-likeness (QED) is 0.705. The first-order chi connectivity index (χ1) is 9.83. The summed E-state index contributed by atoms with van der Waals surface area (Å²) in [4.78, 5) is 0. The van der Waals surface area contributed by atoms with E-state index in [1.807, 2.05) is 30.3 Å². The summed E-state index contributed by atoms with van der Waals surface area (Å²) in [6, 6.07) is 16.2. The minimum atomic E-state index is -0.954. The monoisotopic (exact) mass is 268 g/mol. The second-order valence-corrected chi connectivity index (χ2v) is 3.80. The van der Waals surface area contributed by atoms with Gasteiger partial charge in [0.1, 0.15) is 11.5 Å². The van der Waals surface area contributed by atoms with Crippen LogP contribution >= 0.6 is 0 Å². The Labute approximate surface area is 118 Å². The molecule has 2 rings (SSSR count). The van der Waals surface area contributed by atoms with E-state index < -0.39 is 7.12 Å². The topological polar surface area (TPSA) is 68.2 Å². The van der Waals surface area contributed by atoms with Crippen molar-refractivity contribution in [3.05, 3.63) is 54.6 Å². The number of hydrogen-bond donors (Lipinski definition) is 2. The van der Waals surface area contributed by atoms with Gasteiger partial charge in [-0.1, -0.05) is 30.3 Å². The van der Waals surface area contributed by atoms with Gasteiger partial charge in [0.15, 0.2) is 0 Å². The Morgan fingerprint density at radius 1 is 0.800 bits per heavy atom. The first kappa shape index (κ1) is 14.7. The van der Waals surface area contributed by atoms with Gasteiger partial charge in [0, 0.05) is 0 Å². The fourth-order valence-electron chi connectivity index (χ4n) is 1.65. The Hall–Kier alpha value is -1.73. The second-order valence-electron chi connectivity index (χ2n) is 3.80. The average molecular weight is 268 g/mol. The Balaban J connectivity index is 2.14. The van der Waals surface area contributed by atoms with Crippen molar-refractivity contribution >= 4 is 28.0 Å². The molecule has 0 saturated carbocycles. The third-order valence-corrected chi connectivity index (χ3v) is 2.48. The summed E-state index contributed by atoms with van der Waals surface area (Å²) in [5.74, 6) is 1.28. The zero-order chi connectivity index (χ0) is 14.2. The van der Waals surface area contributed by atoms with Crippen LogP contribution in [0.3, 0.4) is 0 Å². The maximum atomic E-state index is 8.68. The van der Waals surface area contributed by atoms with Crippen LogP contribution in [0.15, 0.2) is 54.6 Å². The fraction of sp³-hybridized carbons (Fsp3) is 0. The van der Waals surface area contributed by atoms with E-state index in [1.54, 1.807) is 24.3 Å². The maximum Gasteiger partial charge on any atom is 0.470 e. The number of hydrogen-bond acceptors (Lipinski definition) is 5. The molecule has 0 bridgehead atoms. The van der Waals surface area contributed by atoms with Crippen molar-refractivity contribution in [3.8, 4) is 11.5 Å². The summed E-state index contributed by atoms with van der Waals surface area (Å²) in [5.41, 5.74) is 0.578. The molecule has 0 saturated heterocycles. The minimum Gasteiger partial charge on any atom is -0.457 e. The van der Waals surface area contributed by atoms with Gasteiger partial charge in [0.05, 0.1) is 0 Å². The lowest BCUT2D eigenvalue weighted by molar-refractivity contribution is 0.375. The molecule has 0 aliphatic carbocycles. The van der Waals surface area contributed by atoms with E-state index in [4.69, 9.17) is 23.9 Å². The van der Waals surface area contributed by atoms with Gasteiger partial charge in [0.2, 0.25) is 0 Å². The van der Waals surface area contributed by atoms with Crippen LogP contribution in [0.4, 0.5) is 0 Å². The predicted molar refractivity (Wildman–Crippen MR) is 76.5 cm³/mol. The molecule has 0 amide bonds. The summed E-state index contributed by atoms with van der Waals surface area (Å²) in [5, 5.41) is 17.4. The van der Waals surface area contributed by atoms with Crippen molar-refractivity contribution in [3.63, 3.8) is 0 Å². The van der Waals surface area contributed by atoms with Gasteiger partial charge in [-0.15, -0.1) is 0 Å². The Kier molecular flexibility index (Phi) is 5.70. The fourth-order valence-corrected chi connectivity index (χ4v) is 1.65. The molecule has 0 aromatic heterocycles. The number of ether oxygens (including phenoxy) is 1. The van der Waals surface area contributed by atoms with Crippen molar-refractivity contribution < 1.29 is 23.9 Å². The zero-order valence-corrected chi connectivity index (χ0v) is 10.5. The van der Waals surface area contributed by atoms with E-state index in [1.165, 1.54) is 0 Å². The molecule has 0 unspecified atom stereocenters. The van der Waals surface area contributed by atoms with Crippen molar-refractivity contribution in [1.82, 2.24) is 0 Å². The van der Waals surface area contributed by atoms with Gasteiger partial charge in [-0.25, -0.2) is 0 Å². The Bertz CT molecular complexity index is 520. The molecular formula is C12H11B3O5. The smallest absolute Gasteiger partial charge is 0.457 e. The van der Waals surface area contributed by atoms with E-state index in [0.717, 1.165) is 0 Å². The van der Waals surface area contributed by atoms with Gasteiger partial charge < -0.3 is 23.9 Å². The highest BCUT2D eigenvalue weighted by Crippen LogP contribution is 2.19. The van der Waals surface area contributed by atoms with Crippen molar-refractivity contribution in [1.29, 1.82) is 0 Å². The van der Waals surface area contributed by atoms with Gasteiger partial charge in [-0.05, 0) is 29.7 Å². The van der Waals surface area contributed by atoms with E-state index >= 15 is 0 Å². The molecule has 2 aromatic rings. The number of benzene rings is 2. The molecule has 5 nitrogen and oxygen atoms in total. The largest absolute Gasteiger partial charge is 0.470 e. The molecule has 0 heterocycles. The molecule has 20 heavy (non-hydrogen) atoms. The molecule has 0 aliphatic rings. The number of para-hydroxylation sites is 1. The average Bonchev–Trinajstić information content (AvgIpc) is 2.48. The lowest BCUT2D eigenvalue weighted by atomic mass is 9.76. The lowest BCUT2D eigenvalue weighted by Gasteiger charge is -2.13. The first-order valence-electron chi connectivity index (χ1n) is 5.89. The van der Waals surface area contributed by atoms with Crippen LogP contribution in [0, 0.1) is 0 Å². The number of rotatable bonds is 7. The van der Waals surface area contributed by atoms with Crippen LogP contribution in [-0.2, 0) is 9.14 Å². The molecule has 8 heteroatoms. The standard InChI is InChI=1S/C12H11B3O5/c16-13-19-15(20-14-17)10-5-4-8-12(9-10)18-11-6-2-1-3-7-11/h1-9,16-17H. The normalized spacial score (nSPS) is 9.90. The van der Waals surface area contributed by atoms with Crippen molar-refractivity contribution in [2.24, 2.45) is 0 Å². The van der Waals surface area contributed by atoms with E-state index in [9.17, 15) is 0 Å². The minimum absolute atomic E-state index is 0.499. The van der Waals surface area contributed by atoms with Gasteiger partial charge in [-0.2, -0.15) is 0 Å². The van der Waals surface area contributed by atoms with Crippen LogP contribution < -0.4 is 10.2 Å². The van der Waals surface area contributed by atoms with E-state index in [0.29, 0.717) is 32.3 Å². The van der Waals surface area contributed by atoms with Crippen LogP contribution in [0.25, 0.3) is 0 Å².